The van der Waals surface area contributed by atoms with Gasteiger partial charge in [-0.3, -0.25) is 4.79 Å². The summed E-state index contributed by atoms with van der Waals surface area (Å²) in [6, 6.07) is 0.0805. The number of carbonyl (C=O) groups excluding carboxylic acids is 1. The molecule has 100 valence electrons. The standard InChI is InChI=1S/C11H18N4O3/c1-7(17-2)6-13-10(16)9-14-11(18-15-9)8-4-3-5-12-8/h7-8,12H,3-6H2,1-2H3,(H,13,16). The fraction of sp³-hybridized carbons (Fsp3) is 0.727. The van der Waals surface area contributed by atoms with Crippen molar-refractivity contribution in [2.45, 2.75) is 31.9 Å². The molecule has 0 radical (unpaired) electrons. The highest BCUT2D eigenvalue weighted by Gasteiger charge is 2.24. The number of hydrogen-bond donors (Lipinski definition) is 2. The van der Waals surface area contributed by atoms with Gasteiger partial charge < -0.3 is 19.9 Å². The Labute approximate surface area is 105 Å². The number of amides is 1. The van der Waals surface area contributed by atoms with Crippen LogP contribution in [0.2, 0.25) is 0 Å². The highest BCUT2D eigenvalue weighted by molar-refractivity contribution is 5.90. The van der Waals surface area contributed by atoms with Crippen LogP contribution in [0.15, 0.2) is 4.52 Å². The van der Waals surface area contributed by atoms with Gasteiger partial charge in [0.15, 0.2) is 0 Å². The largest absolute Gasteiger partial charge is 0.380 e. The van der Waals surface area contributed by atoms with E-state index in [1.165, 1.54) is 0 Å². The summed E-state index contributed by atoms with van der Waals surface area (Å²) < 4.78 is 10.1. The molecular formula is C11H18N4O3. The van der Waals surface area contributed by atoms with Gasteiger partial charge in [0.25, 0.3) is 11.7 Å². The molecule has 0 bridgehead atoms. The third-order valence-corrected chi connectivity index (χ3v) is 2.96. The van der Waals surface area contributed by atoms with Crippen LogP contribution in [0.3, 0.4) is 0 Å². The molecule has 1 amide bonds. The van der Waals surface area contributed by atoms with Gasteiger partial charge >= 0.3 is 0 Å². The third-order valence-electron chi connectivity index (χ3n) is 2.96. The number of carbonyl (C=O) groups is 1. The monoisotopic (exact) mass is 254 g/mol. The number of hydrogen-bond acceptors (Lipinski definition) is 6. The first-order valence-electron chi connectivity index (χ1n) is 6.08. The van der Waals surface area contributed by atoms with Crippen molar-refractivity contribution in [2.75, 3.05) is 20.2 Å². The Balaban J connectivity index is 1.90. The average Bonchev–Trinajstić information content (AvgIpc) is 3.04. The van der Waals surface area contributed by atoms with Crippen LogP contribution in [-0.2, 0) is 4.74 Å². The summed E-state index contributed by atoms with van der Waals surface area (Å²) in [5.41, 5.74) is 0. The second kappa shape index (κ2) is 5.92. The number of nitrogens with one attached hydrogen (secondary N) is 2. The fourth-order valence-electron chi connectivity index (χ4n) is 1.76. The minimum absolute atomic E-state index is 0.0446. The first-order chi connectivity index (χ1) is 8.70. The summed E-state index contributed by atoms with van der Waals surface area (Å²) in [6.45, 7) is 3.23. The van der Waals surface area contributed by atoms with Crippen LogP contribution in [0.5, 0.6) is 0 Å². The van der Waals surface area contributed by atoms with E-state index in [2.05, 4.69) is 20.8 Å². The van der Waals surface area contributed by atoms with Gasteiger partial charge in [0.05, 0.1) is 12.1 Å². The molecule has 1 aliphatic rings. The zero-order valence-electron chi connectivity index (χ0n) is 10.6. The maximum Gasteiger partial charge on any atom is 0.292 e. The van der Waals surface area contributed by atoms with Crippen molar-refractivity contribution in [1.82, 2.24) is 20.8 Å². The van der Waals surface area contributed by atoms with E-state index in [9.17, 15) is 4.79 Å². The minimum Gasteiger partial charge on any atom is -0.380 e. The van der Waals surface area contributed by atoms with E-state index in [4.69, 9.17) is 9.26 Å². The van der Waals surface area contributed by atoms with Gasteiger partial charge in [0.1, 0.15) is 0 Å². The molecular weight excluding hydrogens is 236 g/mol. The molecule has 1 aromatic heterocycles. The Morgan fingerprint density at radius 1 is 1.72 bits per heavy atom. The second-order valence-electron chi connectivity index (χ2n) is 4.36. The predicted molar refractivity (Wildman–Crippen MR) is 63.1 cm³/mol. The van der Waals surface area contributed by atoms with Gasteiger partial charge in [-0.2, -0.15) is 4.98 Å². The van der Waals surface area contributed by atoms with Crippen LogP contribution in [0, 0.1) is 0 Å². The third kappa shape index (κ3) is 3.05. The molecule has 0 aromatic carbocycles. The van der Waals surface area contributed by atoms with Crippen molar-refractivity contribution in [1.29, 1.82) is 0 Å². The zero-order valence-corrected chi connectivity index (χ0v) is 10.6. The van der Waals surface area contributed by atoms with Crippen molar-refractivity contribution in [3.05, 3.63) is 11.7 Å². The van der Waals surface area contributed by atoms with Crippen molar-refractivity contribution in [3.8, 4) is 0 Å². The quantitative estimate of drug-likeness (QED) is 0.783. The van der Waals surface area contributed by atoms with Crippen molar-refractivity contribution < 1.29 is 14.1 Å². The SMILES string of the molecule is COC(C)CNC(=O)c1noc(C2CCCN2)n1. The molecule has 1 aliphatic heterocycles. The molecule has 2 N–H and O–H groups in total. The Hall–Kier alpha value is -1.47. The van der Waals surface area contributed by atoms with Crippen LogP contribution >= 0.6 is 0 Å². The van der Waals surface area contributed by atoms with E-state index in [1.807, 2.05) is 6.92 Å². The Kier molecular flexibility index (Phi) is 4.27. The summed E-state index contributed by atoms with van der Waals surface area (Å²) in [5, 5.41) is 9.61. The maximum atomic E-state index is 11.7. The van der Waals surface area contributed by atoms with Gasteiger partial charge in [-0.25, -0.2) is 0 Å². The molecule has 0 aliphatic carbocycles. The molecule has 1 saturated heterocycles. The van der Waals surface area contributed by atoms with Crippen molar-refractivity contribution in [2.24, 2.45) is 0 Å². The lowest BCUT2D eigenvalue weighted by atomic mass is 10.2. The molecule has 2 rings (SSSR count). The van der Waals surface area contributed by atoms with Gasteiger partial charge in [-0.1, -0.05) is 5.16 Å². The van der Waals surface area contributed by atoms with Gasteiger partial charge in [-0.15, -0.1) is 0 Å². The molecule has 2 atom stereocenters. The number of methoxy groups -OCH3 is 1. The Morgan fingerprint density at radius 3 is 3.22 bits per heavy atom. The lowest BCUT2D eigenvalue weighted by Gasteiger charge is -2.08. The first-order valence-corrected chi connectivity index (χ1v) is 6.08. The summed E-state index contributed by atoms with van der Waals surface area (Å²) in [6.07, 6.45) is 2.00. The molecule has 18 heavy (non-hydrogen) atoms. The van der Waals surface area contributed by atoms with Crippen LogP contribution < -0.4 is 10.6 Å². The summed E-state index contributed by atoms with van der Waals surface area (Å²) in [4.78, 5) is 15.8. The van der Waals surface area contributed by atoms with Crippen LogP contribution in [0.25, 0.3) is 0 Å². The van der Waals surface area contributed by atoms with Crippen molar-refractivity contribution in [3.63, 3.8) is 0 Å². The predicted octanol–water partition coefficient (Wildman–Crippen LogP) is 0.259. The van der Waals surface area contributed by atoms with Crippen LogP contribution in [0.4, 0.5) is 0 Å². The highest BCUT2D eigenvalue weighted by atomic mass is 16.5. The molecule has 2 heterocycles. The van der Waals surface area contributed by atoms with Crippen LogP contribution in [0.1, 0.15) is 42.3 Å². The van der Waals surface area contributed by atoms with E-state index in [0.717, 1.165) is 19.4 Å². The second-order valence-corrected chi connectivity index (χ2v) is 4.36. The Morgan fingerprint density at radius 2 is 2.56 bits per heavy atom. The average molecular weight is 254 g/mol. The van der Waals surface area contributed by atoms with Crippen LogP contribution in [-0.4, -0.2) is 42.4 Å². The molecule has 0 saturated carbocycles. The lowest BCUT2D eigenvalue weighted by molar-refractivity contribution is 0.0859. The minimum atomic E-state index is -0.341. The number of ether oxygens (including phenoxy) is 1. The van der Waals surface area contributed by atoms with Gasteiger partial charge in [0, 0.05) is 13.7 Å². The molecule has 2 unspecified atom stereocenters. The molecule has 7 heteroatoms. The van der Waals surface area contributed by atoms with Gasteiger partial charge in [-0.05, 0) is 26.3 Å². The normalized spacial score (nSPS) is 20.9. The smallest absolute Gasteiger partial charge is 0.292 e. The van der Waals surface area contributed by atoms with E-state index in [0.29, 0.717) is 12.4 Å². The Bertz CT molecular complexity index is 401. The summed E-state index contributed by atoms with van der Waals surface area (Å²) in [5.74, 6) is 0.214. The van der Waals surface area contributed by atoms with Gasteiger partial charge in [0.2, 0.25) is 5.89 Å². The number of aromatic nitrogens is 2. The maximum absolute atomic E-state index is 11.7. The number of rotatable bonds is 5. The fourth-order valence-corrected chi connectivity index (χ4v) is 1.76. The first kappa shape index (κ1) is 13.0. The molecule has 0 spiro atoms. The number of nitrogens with zero attached hydrogens (tertiary/aromatic N) is 2. The van der Waals surface area contributed by atoms with E-state index in [1.54, 1.807) is 7.11 Å². The summed E-state index contributed by atoms with van der Waals surface area (Å²) in [7, 11) is 1.59. The molecule has 7 nitrogen and oxygen atoms in total. The van der Waals surface area contributed by atoms with E-state index >= 15 is 0 Å². The van der Waals surface area contributed by atoms with Crippen molar-refractivity contribution >= 4 is 5.91 Å². The van der Waals surface area contributed by atoms with E-state index < -0.39 is 0 Å². The lowest BCUT2D eigenvalue weighted by Crippen LogP contribution is -2.32. The molecule has 1 aromatic rings. The van der Waals surface area contributed by atoms with E-state index in [-0.39, 0.29) is 23.9 Å². The highest BCUT2D eigenvalue weighted by Crippen LogP contribution is 2.20. The summed E-state index contributed by atoms with van der Waals surface area (Å²) >= 11 is 0. The molecule has 1 fully saturated rings. The zero-order chi connectivity index (χ0) is 13.0. The topological polar surface area (TPSA) is 89.3 Å².